The van der Waals surface area contributed by atoms with E-state index in [0.29, 0.717) is 5.02 Å². The summed E-state index contributed by atoms with van der Waals surface area (Å²) in [6.07, 6.45) is 6.18. The number of halogens is 1. The molecule has 0 amide bonds. The van der Waals surface area contributed by atoms with Gasteiger partial charge in [0.25, 0.3) is 0 Å². The Balaban J connectivity index is 2.34. The molecule has 1 atom stereocenters. The maximum atomic E-state index is 6.16. The Kier molecular flexibility index (Phi) is 7.14. The summed E-state index contributed by atoms with van der Waals surface area (Å²) in [6, 6.07) is 5.78. The van der Waals surface area contributed by atoms with Gasteiger partial charge in [0.15, 0.2) is 0 Å². The molecule has 18 heavy (non-hydrogen) atoms. The first kappa shape index (κ1) is 15.3. The average molecular weight is 270 g/mol. The molecule has 1 aromatic rings. The van der Waals surface area contributed by atoms with Gasteiger partial charge in [0.05, 0.1) is 11.6 Å². The lowest BCUT2D eigenvalue weighted by atomic mass is 10.1. The summed E-state index contributed by atoms with van der Waals surface area (Å²) < 4.78 is 5.68. The standard InChI is InChI=1S/C15H24ClNO/c1-3-4-5-6-7-10-18-15-9-8-13(12(2)17)11-14(15)16/h8-9,11-12H,3-7,10,17H2,1-2H3/t12-/m1/s1. The number of nitrogens with two attached hydrogens (primary N) is 1. The summed E-state index contributed by atoms with van der Waals surface area (Å²) in [5.74, 6) is 0.761. The molecule has 1 rings (SSSR count). The van der Waals surface area contributed by atoms with Crippen molar-refractivity contribution in [1.29, 1.82) is 0 Å². The van der Waals surface area contributed by atoms with Gasteiger partial charge in [-0.3, -0.25) is 0 Å². The molecule has 0 saturated carbocycles. The molecule has 0 spiro atoms. The topological polar surface area (TPSA) is 35.2 Å². The van der Waals surface area contributed by atoms with Crippen LogP contribution in [0.3, 0.4) is 0 Å². The zero-order valence-corrected chi connectivity index (χ0v) is 12.2. The second-order valence-electron chi connectivity index (χ2n) is 4.74. The first-order valence-corrected chi connectivity index (χ1v) is 7.20. The maximum absolute atomic E-state index is 6.16. The molecule has 0 fully saturated rings. The zero-order valence-electron chi connectivity index (χ0n) is 11.4. The van der Waals surface area contributed by atoms with Gasteiger partial charge in [0, 0.05) is 6.04 Å². The quantitative estimate of drug-likeness (QED) is 0.694. The summed E-state index contributed by atoms with van der Waals surface area (Å²) in [7, 11) is 0. The van der Waals surface area contributed by atoms with Crippen LogP contribution in [0.15, 0.2) is 18.2 Å². The molecule has 2 N–H and O–H groups in total. The summed E-state index contributed by atoms with van der Waals surface area (Å²) in [5.41, 5.74) is 6.84. The third-order valence-corrected chi connectivity index (χ3v) is 3.28. The van der Waals surface area contributed by atoms with E-state index >= 15 is 0 Å². The molecule has 0 unspecified atom stereocenters. The van der Waals surface area contributed by atoms with Gasteiger partial charge in [0.2, 0.25) is 0 Å². The molecular formula is C15H24ClNO. The van der Waals surface area contributed by atoms with Crippen LogP contribution in [0, 0.1) is 0 Å². The fourth-order valence-corrected chi connectivity index (χ4v) is 2.05. The van der Waals surface area contributed by atoms with Crippen LogP contribution in [0.5, 0.6) is 5.75 Å². The van der Waals surface area contributed by atoms with Crippen LogP contribution in [0.4, 0.5) is 0 Å². The highest BCUT2D eigenvalue weighted by molar-refractivity contribution is 6.32. The number of ether oxygens (including phenoxy) is 1. The Bertz CT molecular complexity index is 352. The number of benzene rings is 1. The Hall–Kier alpha value is -0.730. The second-order valence-corrected chi connectivity index (χ2v) is 5.15. The minimum absolute atomic E-state index is 0.00518. The predicted octanol–water partition coefficient (Wildman–Crippen LogP) is 4.71. The van der Waals surface area contributed by atoms with Crippen molar-refractivity contribution in [3.05, 3.63) is 28.8 Å². The highest BCUT2D eigenvalue weighted by Crippen LogP contribution is 2.27. The summed E-state index contributed by atoms with van der Waals surface area (Å²) in [4.78, 5) is 0. The first-order chi connectivity index (χ1) is 8.65. The van der Waals surface area contributed by atoms with Gasteiger partial charge in [-0.05, 0) is 31.0 Å². The summed E-state index contributed by atoms with van der Waals surface area (Å²) >= 11 is 6.16. The summed E-state index contributed by atoms with van der Waals surface area (Å²) in [5, 5.41) is 0.651. The van der Waals surface area contributed by atoms with Crippen LogP contribution in [-0.2, 0) is 0 Å². The molecule has 0 saturated heterocycles. The minimum atomic E-state index is 0.00518. The van der Waals surface area contributed by atoms with E-state index < -0.39 is 0 Å². The Morgan fingerprint density at radius 3 is 2.56 bits per heavy atom. The average Bonchev–Trinajstić information content (AvgIpc) is 2.35. The normalized spacial score (nSPS) is 12.4. The van der Waals surface area contributed by atoms with E-state index in [-0.39, 0.29) is 6.04 Å². The van der Waals surface area contributed by atoms with E-state index in [1.165, 1.54) is 25.7 Å². The van der Waals surface area contributed by atoms with E-state index in [2.05, 4.69) is 6.92 Å². The van der Waals surface area contributed by atoms with E-state index in [4.69, 9.17) is 22.1 Å². The van der Waals surface area contributed by atoms with Gasteiger partial charge in [-0.2, -0.15) is 0 Å². The number of hydrogen-bond acceptors (Lipinski definition) is 2. The number of unbranched alkanes of at least 4 members (excludes halogenated alkanes) is 4. The molecule has 0 aliphatic carbocycles. The van der Waals surface area contributed by atoms with Crippen LogP contribution >= 0.6 is 11.6 Å². The lowest BCUT2D eigenvalue weighted by Gasteiger charge is -2.11. The largest absolute Gasteiger partial charge is 0.492 e. The Morgan fingerprint density at radius 2 is 1.94 bits per heavy atom. The number of hydrogen-bond donors (Lipinski definition) is 1. The minimum Gasteiger partial charge on any atom is -0.492 e. The van der Waals surface area contributed by atoms with Gasteiger partial charge < -0.3 is 10.5 Å². The predicted molar refractivity (Wildman–Crippen MR) is 78.3 cm³/mol. The van der Waals surface area contributed by atoms with Gasteiger partial charge >= 0.3 is 0 Å². The van der Waals surface area contributed by atoms with Crippen molar-refractivity contribution in [3.63, 3.8) is 0 Å². The zero-order chi connectivity index (χ0) is 13.4. The molecule has 0 aliphatic heterocycles. The van der Waals surface area contributed by atoms with Crippen LogP contribution in [-0.4, -0.2) is 6.61 Å². The molecule has 1 aromatic carbocycles. The number of rotatable bonds is 8. The SMILES string of the molecule is CCCCCCCOc1ccc([C@@H](C)N)cc1Cl. The van der Waals surface area contributed by atoms with Gasteiger partial charge in [-0.1, -0.05) is 50.3 Å². The fourth-order valence-electron chi connectivity index (χ4n) is 1.81. The van der Waals surface area contributed by atoms with E-state index in [1.807, 2.05) is 25.1 Å². The highest BCUT2D eigenvalue weighted by atomic mass is 35.5. The second kappa shape index (κ2) is 8.39. The molecule has 2 nitrogen and oxygen atoms in total. The Morgan fingerprint density at radius 1 is 1.22 bits per heavy atom. The van der Waals surface area contributed by atoms with Crippen LogP contribution < -0.4 is 10.5 Å². The van der Waals surface area contributed by atoms with Crippen molar-refractivity contribution in [2.24, 2.45) is 5.73 Å². The molecule has 0 aliphatic rings. The monoisotopic (exact) mass is 269 g/mol. The molecular weight excluding hydrogens is 246 g/mol. The lowest BCUT2D eigenvalue weighted by molar-refractivity contribution is 0.304. The highest BCUT2D eigenvalue weighted by Gasteiger charge is 2.05. The third kappa shape index (κ3) is 5.28. The fraction of sp³-hybridized carbons (Fsp3) is 0.600. The van der Waals surface area contributed by atoms with Crippen LogP contribution in [0.25, 0.3) is 0 Å². The van der Waals surface area contributed by atoms with Gasteiger partial charge in [0.1, 0.15) is 5.75 Å². The smallest absolute Gasteiger partial charge is 0.137 e. The third-order valence-electron chi connectivity index (χ3n) is 2.99. The van der Waals surface area contributed by atoms with Crippen molar-refractivity contribution >= 4 is 11.6 Å². The Labute approximate surface area is 115 Å². The van der Waals surface area contributed by atoms with Crippen molar-refractivity contribution in [2.45, 2.75) is 52.0 Å². The van der Waals surface area contributed by atoms with Crippen molar-refractivity contribution in [3.8, 4) is 5.75 Å². The molecule has 102 valence electrons. The lowest BCUT2D eigenvalue weighted by Crippen LogP contribution is -2.05. The molecule has 0 aromatic heterocycles. The van der Waals surface area contributed by atoms with Crippen molar-refractivity contribution < 1.29 is 4.74 Å². The summed E-state index contributed by atoms with van der Waals surface area (Å²) in [6.45, 7) is 4.90. The van der Waals surface area contributed by atoms with Gasteiger partial charge in [-0.15, -0.1) is 0 Å². The maximum Gasteiger partial charge on any atom is 0.137 e. The van der Waals surface area contributed by atoms with Crippen molar-refractivity contribution in [1.82, 2.24) is 0 Å². The van der Waals surface area contributed by atoms with Crippen molar-refractivity contribution in [2.75, 3.05) is 6.61 Å². The molecule has 0 radical (unpaired) electrons. The molecule has 3 heteroatoms. The van der Waals surface area contributed by atoms with E-state index in [0.717, 1.165) is 24.3 Å². The van der Waals surface area contributed by atoms with E-state index in [1.54, 1.807) is 0 Å². The first-order valence-electron chi connectivity index (χ1n) is 6.83. The molecule has 0 heterocycles. The van der Waals surface area contributed by atoms with Crippen LogP contribution in [0.1, 0.15) is 57.6 Å². The van der Waals surface area contributed by atoms with Gasteiger partial charge in [-0.25, -0.2) is 0 Å². The van der Waals surface area contributed by atoms with E-state index in [9.17, 15) is 0 Å². The van der Waals surface area contributed by atoms with Crippen LogP contribution in [0.2, 0.25) is 5.02 Å². The molecule has 0 bridgehead atoms.